The molecule has 37 heavy (non-hydrogen) atoms. The number of aromatic carboxylic acids is 1. The van der Waals surface area contributed by atoms with E-state index in [0.29, 0.717) is 39.3 Å². The molecule has 0 aliphatic rings. The van der Waals surface area contributed by atoms with Crippen molar-refractivity contribution >= 4 is 45.7 Å². The number of rotatable bonds is 5. The summed E-state index contributed by atoms with van der Waals surface area (Å²) < 4.78 is 13.0. The van der Waals surface area contributed by atoms with Crippen molar-refractivity contribution in [2.24, 2.45) is 5.10 Å². The minimum absolute atomic E-state index is 0.0324. The van der Waals surface area contributed by atoms with Crippen LogP contribution in [0.2, 0.25) is 5.02 Å². The molecule has 0 unspecified atom stereocenters. The van der Waals surface area contributed by atoms with Crippen LogP contribution in [0.1, 0.15) is 16.1 Å². The maximum absolute atomic E-state index is 13.4. The molecule has 6 aromatic rings. The van der Waals surface area contributed by atoms with Crippen molar-refractivity contribution in [3.8, 4) is 22.9 Å². The molecule has 180 valence electrons. The molecule has 0 bridgehead atoms. The Bertz CT molecular complexity index is 1880. The van der Waals surface area contributed by atoms with Crippen molar-refractivity contribution < 1.29 is 18.7 Å². The third-order valence-electron chi connectivity index (χ3n) is 5.81. The van der Waals surface area contributed by atoms with Gasteiger partial charge >= 0.3 is 5.97 Å². The SMILES string of the molecule is O=C(O)c1cc(-c2ccc(C=Nn3c(-c4cc5ccccc5o4)nc4ccccc4c3=O)o2)ccc1Cl. The lowest BCUT2D eigenvalue weighted by Crippen LogP contribution is -2.20. The first-order chi connectivity index (χ1) is 18.0. The van der Waals surface area contributed by atoms with Crippen molar-refractivity contribution in [1.29, 1.82) is 0 Å². The van der Waals surface area contributed by atoms with Gasteiger partial charge in [0, 0.05) is 10.9 Å². The molecule has 0 spiro atoms. The number of hydrogen-bond donors (Lipinski definition) is 1. The summed E-state index contributed by atoms with van der Waals surface area (Å²) in [4.78, 5) is 29.5. The van der Waals surface area contributed by atoms with E-state index in [4.69, 9.17) is 20.4 Å². The first-order valence-electron chi connectivity index (χ1n) is 11.2. The highest BCUT2D eigenvalue weighted by Crippen LogP contribution is 2.28. The molecule has 0 aliphatic carbocycles. The average Bonchev–Trinajstić information content (AvgIpc) is 3.55. The Morgan fingerprint density at radius 3 is 2.59 bits per heavy atom. The lowest BCUT2D eigenvalue weighted by atomic mass is 10.1. The third kappa shape index (κ3) is 4.09. The number of carboxylic acid groups (broad SMARTS) is 1. The van der Waals surface area contributed by atoms with Crippen LogP contribution in [0.15, 0.2) is 104 Å². The van der Waals surface area contributed by atoms with E-state index in [9.17, 15) is 14.7 Å². The Balaban J connectivity index is 1.44. The second-order valence-electron chi connectivity index (χ2n) is 8.16. The van der Waals surface area contributed by atoms with Gasteiger partial charge in [-0.2, -0.15) is 9.78 Å². The van der Waals surface area contributed by atoms with E-state index in [1.165, 1.54) is 23.0 Å². The molecule has 0 fully saturated rings. The number of nitrogens with zero attached hydrogens (tertiary/aromatic N) is 3. The van der Waals surface area contributed by atoms with Crippen molar-refractivity contribution in [3.63, 3.8) is 0 Å². The van der Waals surface area contributed by atoms with E-state index in [2.05, 4.69) is 10.1 Å². The van der Waals surface area contributed by atoms with Gasteiger partial charge in [0.05, 0.1) is 27.7 Å². The minimum Gasteiger partial charge on any atom is -0.478 e. The highest BCUT2D eigenvalue weighted by Gasteiger charge is 2.17. The Morgan fingerprint density at radius 1 is 0.946 bits per heavy atom. The maximum Gasteiger partial charge on any atom is 0.337 e. The standard InChI is InChI=1S/C28H16ClN3O5/c29-21-11-9-17(13-20(21)28(34)35)24-12-10-18(36-24)15-30-32-26(25-14-16-5-1-4-8-23(16)37-25)31-22-7-3-2-6-19(22)27(32)33/h1-15H,(H,34,35). The molecular weight excluding hydrogens is 494 g/mol. The van der Waals surface area contributed by atoms with E-state index in [0.717, 1.165) is 5.39 Å². The summed E-state index contributed by atoms with van der Waals surface area (Å²) in [5.74, 6) is 0.261. The number of hydrogen-bond acceptors (Lipinski definition) is 6. The number of benzene rings is 3. The van der Waals surface area contributed by atoms with E-state index >= 15 is 0 Å². The highest BCUT2D eigenvalue weighted by atomic mass is 35.5. The van der Waals surface area contributed by atoms with Gasteiger partial charge in [0.1, 0.15) is 17.1 Å². The first kappa shape index (κ1) is 22.5. The van der Waals surface area contributed by atoms with Crippen LogP contribution in [0, 0.1) is 0 Å². The molecule has 9 heteroatoms. The van der Waals surface area contributed by atoms with E-state index in [-0.39, 0.29) is 22.0 Å². The molecule has 8 nitrogen and oxygen atoms in total. The Labute approximate surface area is 213 Å². The zero-order valence-electron chi connectivity index (χ0n) is 19.0. The number of fused-ring (bicyclic) bond motifs is 2. The van der Waals surface area contributed by atoms with Crippen molar-refractivity contribution in [3.05, 3.63) is 112 Å². The van der Waals surface area contributed by atoms with E-state index in [1.807, 2.05) is 36.4 Å². The van der Waals surface area contributed by atoms with Crippen molar-refractivity contribution in [1.82, 2.24) is 9.66 Å². The van der Waals surface area contributed by atoms with Gasteiger partial charge < -0.3 is 13.9 Å². The predicted octanol–water partition coefficient (Wildman–Crippen LogP) is 6.30. The number of aromatic nitrogens is 2. The summed E-state index contributed by atoms with van der Waals surface area (Å²) in [5, 5.41) is 15.1. The monoisotopic (exact) mass is 509 g/mol. The van der Waals surface area contributed by atoms with Crippen LogP contribution >= 0.6 is 11.6 Å². The smallest absolute Gasteiger partial charge is 0.337 e. The van der Waals surface area contributed by atoms with Crippen molar-refractivity contribution in [2.75, 3.05) is 0 Å². The predicted molar refractivity (Wildman–Crippen MR) is 140 cm³/mol. The van der Waals surface area contributed by atoms with Crippen LogP contribution in [0.5, 0.6) is 0 Å². The number of carbonyl (C=O) groups is 1. The van der Waals surface area contributed by atoms with Crippen LogP contribution in [0.4, 0.5) is 0 Å². The molecular formula is C28H16ClN3O5. The lowest BCUT2D eigenvalue weighted by molar-refractivity contribution is 0.0697. The Kier molecular flexibility index (Phi) is 5.43. The molecule has 0 saturated heterocycles. The summed E-state index contributed by atoms with van der Waals surface area (Å²) in [6, 6.07) is 24.3. The summed E-state index contributed by atoms with van der Waals surface area (Å²) in [5.41, 5.74) is 1.32. The topological polar surface area (TPSA) is 111 Å². The molecule has 0 aliphatic heterocycles. The van der Waals surface area contributed by atoms with Crippen LogP contribution in [-0.4, -0.2) is 27.0 Å². The van der Waals surface area contributed by atoms with Gasteiger partial charge in [0.25, 0.3) is 5.56 Å². The number of halogens is 1. The van der Waals surface area contributed by atoms with E-state index in [1.54, 1.807) is 36.4 Å². The Hall–Kier alpha value is -4.95. The van der Waals surface area contributed by atoms with Crippen molar-refractivity contribution in [2.45, 2.75) is 0 Å². The maximum atomic E-state index is 13.4. The second kappa shape index (κ2) is 8.92. The summed E-state index contributed by atoms with van der Waals surface area (Å²) in [7, 11) is 0. The fraction of sp³-hybridized carbons (Fsp3) is 0. The molecule has 3 aromatic heterocycles. The lowest BCUT2D eigenvalue weighted by Gasteiger charge is -2.06. The summed E-state index contributed by atoms with van der Waals surface area (Å²) >= 11 is 5.97. The normalized spacial score (nSPS) is 11.6. The summed E-state index contributed by atoms with van der Waals surface area (Å²) in [6.45, 7) is 0. The van der Waals surface area contributed by atoms with Gasteiger partial charge in [-0.05, 0) is 54.6 Å². The molecule has 3 aromatic carbocycles. The Morgan fingerprint density at radius 2 is 1.76 bits per heavy atom. The average molecular weight is 510 g/mol. The largest absolute Gasteiger partial charge is 0.478 e. The zero-order valence-corrected chi connectivity index (χ0v) is 19.7. The molecule has 0 saturated carbocycles. The van der Waals surface area contributed by atoms with Gasteiger partial charge in [-0.15, -0.1) is 0 Å². The number of carboxylic acids is 1. The van der Waals surface area contributed by atoms with Gasteiger partial charge in [-0.1, -0.05) is 41.9 Å². The van der Waals surface area contributed by atoms with Gasteiger partial charge in [0.15, 0.2) is 5.76 Å². The third-order valence-corrected chi connectivity index (χ3v) is 6.14. The van der Waals surface area contributed by atoms with E-state index < -0.39 is 5.97 Å². The van der Waals surface area contributed by atoms with Gasteiger partial charge in [0.2, 0.25) is 5.82 Å². The second-order valence-corrected chi connectivity index (χ2v) is 8.57. The van der Waals surface area contributed by atoms with Crippen LogP contribution in [0.25, 0.3) is 44.8 Å². The quantitative estimate of drug-likeness (QED) is 0.273. The molecule has 0 amide bonds. The minimum atomic E-state index is -1.14. The van der Waals surface area contributed by atoms with Gasteiger partial charge in [-0.3, -0.25) is 4.79 Å². The fourth-order valence-corrected chi connectivity index (χ4v) is 4.22. The first-order valence-corrected chi connectivity index (χ1v) is 11.5. The molecule has 6 rings (SSSR count). The highest BCUT2D eigenvalue weighted by molar-refractivity contribution is 6.33. The fourth-order valence-electron chi connectivity index (χ4n) is 4.02. The molecule has 3 heterocycles. The molecule has 0 radical (unpaired) electrons. The molecule has 0 atom stereocenters. The number of furan rings is 2. The molecule has 1 N–H and O–H groups in total. The zero-order chi connectivity index (χ0) is 25.5. The van der Waals surface area contributed by atoms with Crippen LogP contribution in [0.3, 0.4) is 0 Å². The number of para-hydroxylation sites is 2. The van der Waals surface area contributed by atoms with Gasteiger partial charge in [-0.25, -0.2) is 9.78 Å². The van der Waals surface area contributed by atoms with Crippen LogP contribution < -0.4 is 5.56 Å². The van der Waals surface area contributed by atoms with Crippen LogP contribution in [-0.2, 0) is 0 Å². The summed E-state index contributed by atoms with van der Waals surface area (Å²) in [6.07, 6.45) is 1.39.